The number of pyridine rings is 1. The fraction of sp³-hybridized carbons (Fsp3) is 0.208. The van der Waals surface area contributed by atoms with Crippen LogP contribution in [0.5, 0.6) is 0 Å². The number of fused-ring (bicyclic) bond motifs is 1. The first-order valence-electron chi connectivity index (χ1n) is 10.1. The van der Waals surface area contributed by atoms with Crippen LogP contribution in [0.4, 0.5) is 5.00 Å². The molecule has 0 radical (unpaired) electrons. The minimum absolute atomic E-state index is 0.150. The van der Waals surface area contributed by atoms with Gasteiger partial charge in [0.1, 0.15) is 16.2 Å². The van der Waals surface area contributed by atoms with Crippen LogP contribution in [0.25, 0.3) is 16.8 Å². The molecule has 0 fully saturated rings. The molecule has 0 saturated carbocycles. The number of carbonyl (C=O) groups excluding carboxylic acids is 2. The van der Waals surface area contributed by atoms with Gasteiger partial charge in [-0.05, 0) is 38.0 Å². The summed E-state index contributed by atoms with van der Waals surface area (Å²) in [5.74, 6) is -0.655. The summed E-state index contributed by atoms with van der Waals surface area (Å²) in [7, 11) is 0. The van der Waals surface area contributed by atoms with Crippen molar-refractivity contribution in [2.45, 2.75) is 27.2 Å². The average Bonchev–Trinajstić information content (AvgIpc) is 3.31. The van der Waals surface area contributed by atoms with E-state index in [1.54, 1.807) is 6.92 Å². The number of imidazole rings is 1. The van der Waals surface area contributed by atoms with Gasteiger partial charge in [0.15, 0.2) is 0 Å². The van der Waals surface area contributed by atoms with Gasteiger partial charge >= 0.3 is 5.97 Å². The number of ether oxygens (including phenoxy) is 1. The molecule has 0 atom stereocenters. The average molecular weight is 434 g/mol. The maximum atomic E-state index is 12.9. The Hall–Kier alpha value is -3.45. The molecule has 6 nitrogen and oxygen atoms in total. The first-order chi connectivity index (χ1) is 15.0. The maximum absolute atomic E-state index is 12.9. The van der Waals surface area contributed by atoms with Crippen LogP contribution in [-0.4, -0.2) is 27.9 Å². The lowest BCUT2D eigenvalue weighted by molar-refractivity contribution is -0.115. The number of benzene rings is 1. The largest absolute Gasteiger partial charge is 0.462 e. The molecule has 1 aromatic carbocycles. The number of rotatable bonds is 6. The lowest BCUT2D eigenvalue weighted by atomic mass is 10.0. The van der Waals surface area contributed by atoms with Crippen molar-refractivity contribution in [1.29, 1.82) is 0 Å². The smallest absolute Gasteiger partial charge is 0.341 e. The van der Waals surface area contributed by atoms with E-state index in [2.05, 4.69) is 10.3 Å². The Morgan fingerprint density at radius 2 is 1.90 bits per heavy atom. The molecule has 3 aromatic heterocycles. The first kappa shape index (κ1) is 20.8. The lowest BCUT2D eigenvalue weighted by Crippen LogP contribution is -2.18. The van der Waals surface area contributed by atoms with Crippen LogP contribution in [0.2, 0.25) is 0 Å². The minimum Gasteiger partial charge on any atom is -0.462 e. The normalized spacial score (nSPS) is 10.9. The monoisotopic (exact) mass is 433 g/mol. The highest BCUT2D eigenvalue weighted by Gasteiger charge is 2.23. The Kier molecular flexibility index (Phi) is 5.86. The summed E-state index contributed by atoms with van der Waals surface area (Å²) in [6, 6.07) is 13.5. The number of esters is 1. The minimum atomic E-state index is -0.445. The molecule has 158 valence electrons. The number of thiophene rings is 1. The molecular formula is C24H23N3O3S. The second kappa shape index (κ2) is 8.73. The molecule has 1 N–H and O–H groups in total. The number of anilines is 1. The van der Waals surface area contributed by atoms with E-state index in [-0.39, 0.29) is 18.9 Å². The van der Waals surface area contributed by atoms with Crippen LogP contribution in [-0.2, 0) is 16.0 Å². The fourth-order valence-electron chi connectivity index (χ4n) is 3.59. The van der Waals surface area contributed by atoms with Crippen molar-refractivity contribution in [3.8, 4) is 11.1 Å². The Labute approximate surface area is 184 Å². The van der Waals surface area contributed by atoms with Gasteiger partial charge in [-0.15, -0.1) is 11.3 Å². The predicted octanol–water partition coefficient (Wildman–Crippen LogP) is 5.04. The van der Waals surface area contributed by atoms with Crippen LogP contribution in [0.15, 0.2) is 54.0 Å². The molecule has 0 aliphatic heterocycles. The maximum Gasteiger partial charge on any atom is 0.341 e. The summed E-state index contributed by atoms with van der Waals surface area (Å²) >= 11 is 1.32. The van der Waals surface area contributed by atoms with Crippen LogP contribution in [0.3, 0.4) is 0 Å². The van der Waals surface area contributed by atoms with E-state index in [0.29, 0.717) is 10.6 Å². The number of aryl methyl sites for hydroxylation is 2. The summed E-state index contributed by atoms with van der Waals surface area (Å²) in [5, 5.41) is 5.29. The Morgan fingerprint density at radius 3 is 2.65 bits per heavy atom. The van der Waals surface area contributed by atoms with E-state index in [4.69, 9.17) is 4.74 Å². The van der Waals surface area contributed by atoms with Gasteiger partial charge in [0.05, 0.1) is 24.4 Å². The molecule has 0 aliphatic rings. The van der Waals surface area contributed by atoms with Crippen LogP contribution in [0, 0.1) is 13.8 Å². The standard InChI is InChI=1S/C24H23N3O3S/c1-4-30-24(29)21-18(17-10-6-5-7-11-17)14-31-23(21)26-20(28)13-19-16(3)25-22-15(2)9-8-12-27(19)22/h5-12,14H,4,13H2,1-3H3,(H,26,28). The van der Waals surface area contributed by atoms with Crippen LogP contribution in [0.1, 0.15) is 34.2 Å². The molecule has 0 bridgehead atoms. The lowest BCUT2D eigenvalue weighted by Gasteiger charge is -2.09. The fourth-order valence-corrected chi connectivity index (χ4v) is 4.56. The summed E-state index contributed by atoms with van der Waals surface area (Å²) in [4.78, 5) is 30.2. The first-order valence-corrected chi connectivity index (χ1v) is 10.9. The van der Waals surface area contributed by atoms with E-state index in [9.17, 15) is 9.59 Å². The summed E-state index contributed by atoms with van der Waals surface area (Å²) in [6.45, 7) is 5.92. The molecule has 0 unspecified atom stereocenters. The van der Waals surface area contributed by atoms with Crippen molar-refractivity contribution in [2.24, 2.45) is 0 Å². The second-order valence-corrected chi connectivity index (χ2v) is 8.07. The van der Waals surface area contributed by atoms with E-state index in [0.717, 1.165) is 33.7 Å². The van der Waals surface area contributed by atoms with Crippen molar-refractivity contribution >= 4 is 33.9 Å². The van der Waals surface area contributed by atoms with Gasteiger partial charge in [-0.25, -0.2) is 9.78 Å². The van der Waals surface area contributed by atoms with Gasteiger partial charge in [-0.2, -0.15) is 0 Å². The number of aromatic nitrogens is 2. The third-order valence-corrected chi connectivity index (χ3v) is 5.98. The van der Waals surface area contributed by atoms with Gasteiger partial charge in [-0.1, -0.05) is 36.4 Å². The van der Waals surface area contributed by atoms with Crippen LogP contribution < -0.4 is 5.32 Å². The zero-order chi connectivity index (χ0) is 22.0. The molecule has 4 aromatic rings. The van der Waals surface area contributed by atoms with E-state index >= 15 is 0 Å². The number of amides is 1. The number of hydrogen-bond acceptors (Lipinski definition) is 5. The predicted molar refractivity (Wildman–Crippen MR) is 123 cm³/mol. The molecule has 0 aliphatic carbocycles. The molecule has 3 heterocycles. The van der Waals surface area contributed by atoms with Crippen molar-refractivity contribution in [2.75, 3.05) is 11.9 Å². The Bertz CT molecular complexity index is 1260. The van der Waals surface area contributed by atoms with E-state index in [1.165, 1.54) is 11.3 Å². The highest BCUT2D eigenvalue weighted by atomic mass is 32.1. The molecular weight excluding hydrogens is 410 g/mol. The quantitative estimate of drug-likeness (QED) is 0.433. The van der Waals surface area contributed by atoms with Gasteiger partial charge in [-0.3, -0.25) is 4.79 Å². The number of nitrogens with one attached hydrogen (secondary N) is 1. The zero-order valence-electron chi connectivity index (χ0n) is 17.6. The Morgan fingerprint density at radius 1 is 1.13 bits per heavy atom. The zero-order valence-corrected chi connectivity index (χ0v) is 18.5. The molecule has 1 amide bonds. The molecule has 4 rings (SSSR count). The number of nitrogens with zero attached hydrogens (tertiary/aromatic N) is 2. The van der Waals surface area contributed by atoms with E-state index < -0.39 is 5.97 Å². The van der Waals surface area contributed by atoms with Crippen molar-refractivity contribution in [1.82, 2.24) is 9.38 Å². The number of carbonyl (C=O) groups is 2. The van der Waals surface area contributed by atoms with Crippen molar-refractivity contribution < 1.29 is 14.3 Å². The van der Waals surface area contributed by atoms with Gasteiger partial charge in [0.2, 0.25) is 5.91 Å². The molecule has 7 heteroatoms. The molecule has 31 heavy (non-hydrogen) atoms. The van der Waals surface area contributed by atoms with Crippen molar-refractivity contribution in [3.63, 3.8) is 0 Å². The van der Waals surface area contributed by atoms with Gasteiger partial charge in [0, 0.05) is 17.1 Å². The molecule has 0 saturated heterocycles. The third kappa shape index (κ3) is 4.09. The highest BCUT2D eigenvalue weighted by molar-refractivity contribution is 7.15. The van der Waals surface area contributed by atoms with Gasteiger partial charge in [0.25, 0.3) is 0 Å². The van der Waals surface area contributed by atoms with Gasteiger partial charge < -0.3 is 14.5 Å². The summed E-state index contributed by atoms with van der Waals surface area (Å²) in [6.07, 6.45) is 2.06. The molecule has 0 spiro atoms. The topological polar surface area (TPSA) is 72.7 Å². The third-order valence-electron chi connectivity index (χ3n) is 5.08. The summed E-state index contributed by atoms with van der Waals surface area (Å²) < 4.78 is 7.21. The SMILES string of the molecule is CCOC(=O)c1c(-c2ccccc2)csc1NC(=O)Cc1c(C)nc2c(C)cccn12. The van der Waals surface area contributed by atoms with E-state index in [1.807, 2.05) is 72.3 Å². The van der Waals surface area contributed by atoms with Crippen LogP contribution >= 0.6 is 11.3 Å². The second-order valence-electron chi connectivity index (χ2n) is 7.19. The number of hydrogen-bond donors (Lipinski definition) is 1. The highest BCUT2D eigenvalue weighted by Crippen LogP contribution is 2.36. The van der Waals surface area contributed by atoms with Crippen molar-refractivity contribution in [3.05, 3.63) is 76.6 Å². The summed E-state index contributed by atoms with van der Waals surface area (Å²) in [5.41, 5.74) is 5.57. The Balaban J connectivity index is 1.64.